The predicted octanol–water partition coefficient (Wildman–Crippen LogP) is 4.59. The summed E-state index contributed by atoms with van der Waals surface area (Å²) in [5.41, 5.74) is 1.33. The van der Waals surface area contributed by atoms with Gasteiger partial charge in [-0.15, -0.1) is 0 Å². The summed E-state index contributed by atoms with van der Waals surface area (Å²) in [6.07, 6.45) is 11.4. The number of unbranched alkanes of at least 4 members (excludes halogenated alkanes) is 3. The molecule has 0 saturated carbocycles. The van der Waals surface area contributed by atoms with Crippen molar-refractivity contribution in [3.8, 4) is 0 Å². The van der Waals surface area contributed by atoms with Crippen LogP contribution in [0.1, 0.15) is 70.3 Å². The van der Waals surface area contributed by atoms with E-state index in [1.165, 1.54) is 5.56 Å². The zero-order valence-electron chi connectivity index (χ0n) is 18.2. The van der Waals surface area contributed by atoms with Crippen LogP contribution in [0.25, 0.3) is 0 Å². The molecule has 0 aliphatic carbocycles. The molecule has 2 rings (SSSR count). The first kappa shape index (κ1) is 24.1. The lowest BCUT2D eigenvalue weighted by Crippen LogP contribution is -2.33. The molecule has 1 amide bonds. The predicted molar refractivity (Wildman–Crippen MR) is 119 cm³/mol. The monoisotopic (exact) mass is 415 g/mol. The Morgan fingerprint density at radius 2 is 1.90 bits per heavy atom. The molecule has 166 valence electrons. The first-order valence-electron chi connectivity index (χ1n) is 11.4. The summed E-state index contributed by atoms with van der Waals surface area (Å²) >= 11 is 0. The van der Waals surface area contributed by atoms with Crippen LogP contribution < -0.4 is 0 Å². The van der Waals surface area contributed by atoms with E-state index in [2.05, 4.69) is 31.2 Å². The van der Waals surface area contributed by atoms with Crippen LogP contribution in [0.15, 0.2) is 42.5 Å². The van der Waals surface area contributed by atoms with Crippen molar-refractivity contribution in [1.82, 2.24) is 4.90 Å². The number of carbonyl (C=O) groups excluding carboxylic acids is 1. The zero-order valence-corrected chi connectivity index (χ0v) is 18.2. The van der Waals surface area contributed by atoms with E-state index < -0.39 is 12.1 Å². The molecule has 0 unspecified atom stereocenters. The first-order valence-corrected chi connectivity index (χ1v) is 11.4. The van der Waals surface area contributed by atoms with E-state index in [4.69, 9.17) is 5.11 Å². The molecule has 30 heavy (non-hydrogen) atoms. The molecular formula is C25H37NO4. The third-order valence-electron chi connectivity index (χ3n) is 6.00. The second-order valence-corrected chi connectivity index (χ2v) is 8.48. The molecule has 1 aliphatic heterocycles. The number of aliphatic hydroxyl groups is 1. The lowest BCUT2D eigenvalue weighted by atomic mass is 9.95. The van der Waals surface area contributed by atoms with Crippen LogP contribution in [0, 0.1) is 5.92 Å². The number of aliphatic hydroxyl groups excluding tert-OH is 1. The Morgan fingerprint density at radius 1 is 1.17 bits per heavy atom. The van der Waals surface area contributed by atoms with E-state index >= 15 is 0 Å². The van der Waals surface area contributed by atoms with Crippen molar-refractivity contribution in [1.29, 1.82) is 0 Å². The minimum Gasteiger partial charge on any atom is -0.481 e. The standard InChI is InChI=1S/C25H37NO4/c1-20(10-9-13-21-11-5-4-6-12-21)23(27)17-15-22-16-18-24(28)26(22)19-8-3-2-7-14-25(29)30/h4-6,11-12,15,17,20,22-23,27H,2-3,7-10,13-14,16,18-19H2,1H3,(H,29,30)/t20-,22+,23+/m1/s1. The second-order valence-electron chi connectivity index (χ2n) is 8.48. The molecule has 0 spiro atoms. The molecule has 1 heterocycles. The fraction of sp³-hybridized carbons (Fsp3) is 0.600. The van der Waals surface area contributed by atoms with Crippen LogP contribution in [0.2, 0.25) is 0 Å². The minimum atomic E-state index is -0.747. The number of aliphatic carboxylic acids is 1. The van der Waals surface area contributed by atoms with Gasteiger partial charge in [0.2, 0.25) is 5.91 Å². The van der Waals surface area contributed by atoms with Gasteiger partial charge in [-0.1, -0.05) is 62.2 Å². The van der Waals surface area contributed by atoms with Gasteiger partial charge in [0.1, 0.15) is 0 Å². The summed E-state index contributed by atoms with van der Waals surface area (Å²) in [5.74, 6) is -0.381. The highest BCUT2D eigenvalue weighted by Crippen LogP contribution is 2.22. The number of carboxylic acids is 1. The molecule has 5 nitrogen and oxygen atoms in total. The van der Waals surface area contributed by atoms with Gasteiger partial charge in [0.15, 0.2) is 0 Å². The molecule has 1 aromatic rings. The number of benzene rings is 1. The molecular weight excluding hydrogens is 378 g/mol. The van der Waals surface area contributed by atoms with Crippen LogP contribution in [-0.4, -0.2) is 45.7 Å². The summed E-state index contributed by atoms with van der Waals surface area (Å²) in [6, 6.07) is 10.5. The van der Waals surface area contributed by atoms with E-state index in [1.807, 2.05) is 23.1 Å². The number of rotatable bonds is 14. The van der Waals surface area contributed by atoms with Crippen LogP contribution in [-0.2, 0) is 16.0 Å². The molecule has 3 atom stereocenters. The average molecular weight is 416 g/mol. The number of aryl methyl sites for hydroxylation is 1. The average Bonchev–Trinajstić information content (AvgIpc) is 3.08. The highest BCUT2D eigenvalue weighted by molar-refractivity contribution is 5.79. The molecule has 1 aliphatic rings. The maximum absolute atomic E-state index is 12.2. The number of nitrogens with zero attached hydrogens (tertiary/aromatic N) is 1. The number of carbonyl (C=O) groups is 2. The number of hydrogen-bond acceptors (Lipinski definition) is 3. The van der Waals surface area contributed by atoms with Crippen LogP contribution in [0.3, 0.4) is 0 Å². The van der Waals surface area contributed by atoms with Crippen molar-refractivity contribution < 1.29 is 19.8 Å². The first-order chi connectivity index (χ1) is 14.5. The normalized spacial score (nSPS) is 18.8. The summed E-state index contributed by atoms with van der Waals surface area (Å²) in [7, 11) is 0. The lowest BCUT2D eigenvalue weighted by Gasteiger charge is -2.23. The Bertz CT molecular complexity index is 673. The maximum Gasteiger partial charge on any atom is 0.303 e. The molecule has 0 radical (unpaired) electrons. The maximum atomic E-state index is 12.2. The van der Waals surface area contributed by atoms with Gasteiger partial charge >= 0.3 is 5.97 Å². The Labute approximate surface area is 180 Å². The van der Waals surface area contributed by atoms with Gasteiger partial charge in [0, 0.05) is 19.4 Å². The molecule has 1 fully saturated rings. The Hall–Kier alpha value is -2.14. The Morgan fingerprint density at radius 3 is 2.63 bits per heavy atom. The smallest absolute Gasteiger partial charge is 0.303 e. The van der Waals surface area contributed by atoms with E-state index in [0.29, 0.717) is 19.4 Å². The van der Waals surface area contributed by atoms with Crippen molar-refractivity contribution in [3.63, 3.8) is 0 Å². The van der Waals surface area contributed by atoms with E-state index in [9.17, 15) is 14.7 Å². The topological polar surface area (TPSA) is 77.8 Å². The third-order valence-corrected chi connectivity index (χ3v) is 6.00. The fourth-order valence-corrected chi connectivity index (χ4v) is 4.03. The molecule has 1 saturated heterocycles. The van der Waals surface area contributed by atoms with Gasteiger partial charge < -0.3 is 15.1 Å². The summed E-state index contributed by atoms with van der Waals surface area (Å²) in [6.45, 7) is 2.79. The van der Waals surface area contributed by atoms with Gasteiger partial charge in [0.05, 0.1) is 12.1 Å². The zero-order chi connectivity index (χ0) is 21.8. The minimum absolute atomic E-state index is 0.0719. The Balaban J connectivity index is 1.70. The van der Waals surface area contributed by atoms with E-state index in [-0.39, 0.29) is 24.3 Å². The Kier molecular flexibility index (Phi) is 10.6. The van der Waals surface area contributed by atoms with Gasteiger partial charge in [-0.3, -0.25) is 9.59 Å². The summed E-state index contributed by atoms with van der Waals surface area (Å²) < 4.78 is 0. The van der Waals surface area contributed by atoms with Crippen LogP contribution >= 0.6 is 0 Å². The molecule has 5 heteroatoms. The van der Waals surface area contributed by atoms with Gasteiger partial charge in [-0.05, 0) is 50.0 Å². The van der Waals surface area contributed by atoms with Crippen molar-refractivity contribution in [2.24, 2.45) is 5.92 Å². The number of carboxylic acid groups (broad SMARTS) is 1. The van der Waals surface area contributed by atoms with Crippen LogP contribution in [0.4, 0.5) is 0 Å². The lowest BCUT2D eigenvalue weighted by molar-refractivity contribution is -0.137. The van der Waals surface area contributed by atoms with Gasteiger partial charge in [0.25, 0.3) is 0 Å². The van der Waals surface area contributed by atoms with E-state index in [0.717, 1.165) is 44.9 Å². The van der Waals surface area contributed by atoms with Gasteiger partial charge in [-0.25, -0.2) is 0 Å². The SMILES string of the molecule is C[C@H](CCCc1ccccc1)[C@@H](O)C=C[C@H]1CCC(=O)N1CCCCCCC(=O)O. The van der Waals surface area contributed by atoms with E-state index in [1.54, 1.807) is 0 Å². The molecule has 0 bridgehead atoms. The summed E-state index contributed by atoms with van der Waals surface area (Å²) in [5, 5.41) is 19.2. The quantitative estimate of drug-likeness (QED) is 0.344. The van der Waals surface area contributed by atoms with Crippen LogP contribution in [0.5, 0.6) is 0 Å². The van der Waals surface area contributed by atoms with Gasteiger partial charge in [-0.2, -0.15) is 0 Å². The van der Waals surface area contributed by atoms with Crippen molar-refractivity contribution in [3.05, 3.63) is 48.0 Å². The molecule has 1 aromatic carbocycles. The van der Waals surface area contributed by atoms with Crippen molar-refractivity contribution in [2.45, 2.75) is 83.3 Å². The largest absolute Gasteiger partial charge is 0.481 e. The summed E-state index contributed by atoms with van der Waals surface area (Å²) in [4.78, 5) is 24.7. The third kappa shape index (κ3) is 8.70. The highest BCUT2D eigenvalue weighted by Gasteiger charge is 2.28. The van der Waals surface area contributed by atoms with Crippen molar-refractivity contribution >= 4 is 11.9 Å². The number of amides is 1. The molecule has 2 N–H and O–H groups in total. The fourth-order valence-electron chi connectivity index (χ4n) is 4.03. The number of hydrogen-bond donors (Lipinski definition) is 2. The number of likely N-dealkylation sites (tertiary alicyclic amines) is 1. The molecule has 0 aromatic heterocycles. The second kappa shape index (κ2) is 13.2. The van der Waals surface area contributed by atoms with Crippen molar-refractivity contribution in [2.75, 3.05) is 6.54 Å². The highest BCUT2D eigenvalue weighted by atomic mass is 16.4.